The van der Waals surface area contributed by atoms with E-state index in [2.05, 4.69) is 25.5 Å². The summed E-state index contributed by atoms with van der Waals surface area (Å²) >= 11 is 1.44. The summed E-state index contributed by atoms with van der Waals surface area (Å²) in [5.41, 5.74) is 2.32. The molecule has 1 aliphatic heterocycles. The first kappa shape index (κ1) is 22.3. The lowest BCUT2D eigenvalue weighted by atomic mass is 10.00. The number of alkyl halides is 1. The molecule has 2 unspecified atom stereocenters. The van der Waals surface area contributed by atoms with E-state index in [1.165, 1.54) is 11.9 Å². The Hall–Kier alpha value is -2.91. The zero-order chi connectivity index (χ0) is 22.3. The highest BCUT2D eigenvalue weighted by molar-refractivity contribution is 8.00. The Kier molecular flexibility index (Phi) is 7.39. The second-order valence-corrected chi connectivity index (χ2v) is 8.74. The molecule has 2 atom stereocenters. The van der Waals surface area contributed by atoms with Gasteiger partial charge in [0, 0.05) is 28.4 Å². The highest BCUT2D eigenvalue weighted by Crippen LogP contribution is 2.28. The minimum absolute atomic E-state index is 0.268. The van der Waals surface area contributed by atoms with Crippen LogP contribution in [0.4, 0.5) is 15.8 Å². The first-order valence-electron chi connectivity index (χ1n) is 10.7. The number of hydrogen-bond donors (Lipinski definition) is 3. The second kappa shape index (κ2) is 10.6. The van der Waals surface area contributed by atoms with Crippen LogP contribution in [-0.4, -0.2) is 35.8 Å². The molecule has 0 radical (unpaired) electrons. The van der Waals surface area contributed by atoms with E-state index in [-0.39, 0.29) is 11.8 Å². The zero-order valence-corrected chi connectivity index (χ0v) is 18.6. The molecule has 3 aromatic rings. The summed E-state index contributed by atoms with van der Waals surface area (Å²) in [6, 6.07) is 15.2. The van der Waals surface area contributed by atoms with Gasteiger partial charge >= 0.3 is 0 Å². The molecule has 1 aliphatic rings. The quantitative estimate of drug-likeness (QED) is 0.418. The molecule has 7 nitrogen and oxygen atoms in total. The number of piperidine rings is 1. The fraction of sp³-hybridized carbons (Fsp3) is 0.348. The van der Waals surface area contributed by atoms with Crippen LogP contribution in [0, 0.1) is 5.92 Å². The van der Waals surface area contributed by atoms with Gasteiger partial charge in [0.25, 0.3) is 0 Å². The van der Waals surface area contributed by atoms with Crippen molar-refractivity contribution >= 4 is 29.2 Å². The SMILES string of the molecule is CC(CF)C(=O)Nc1cccc(NSc2cccc(-c3noc(C4CCCNC4)n3)c2)c1. The molecule has 9 heteroatoms. The van der Waals surface area contributed by atoms with Gasteiger partial charge in [-0.1, -0.05) is 30.3 Å². The van der Waals surface area contributed by atoms with Crippen LogP contribution in [0.1, 0.15) is 31.6 Å². The number of nitrogens with zero attached hydrogens (tertiary/aromatic N) is 2. The monoisotopic (exact) mass is 455 g/mol. The van der Waals surface area contributed by atoms with E-state index in [1.54, 1.807) is 13.0 Å². The van der Waals surface area contributed by atoms with Gasteiger partial charge < -0.3 is 19.9 Å². The number of nitrogens with one attached hydrogen (secondary N) is 3. The van der Waals surface area contributed by atoms with Crippen molar-refractivity contribution in [3.8, 4) is 11.4 Å². The molecule has 4 rings (SSSR count). The summed E-state index contributed by atoms with van der Waals surface area (Å²) in [7, 11) is 0. The van der Waals surface area contributed by atoms with Crippen molar-refractivity contribution in [2.24, 2.45) is 5.92 Å². The lowest BCUT2D eigenvalue weighted by Crippen LogP contribution is -2.28. The number of anilines is 2. The zero-order valence-electron chi connectivity index (χ0n) is 17.8. The van der Waals surface area contributed by atoms with Crippen LogP contribution in [0.5, 0.6) is 0 Å². The van der Waals surface area contributed by atoms with Crippen LogP contribution in [0.2, 0.25) is 0 Å². The van der Waals surface area contributed by atoms with Crippen molar-refractivity contribution in [1.82, 2.24) is 15.5 Å². The molecule has 1 fully saturated rings. The van der Waals surface area contributed by atoms with E-state index in [1.807, 2.05) is 42.5 Å². The predicted molar refractivity (Wildman–Crippen MR) is 124 cm³/mol. The molecule has 1 amide bonds. The van der Waals surface area contributed by atoms with Crippen molar-refractivity contribution in [1.29, 1.82) is 0 Å². The number of halogens is 1. The minimum atomic E-state index is -0.685. The normalized spacial score (nSPS) is 17.0. The van der Waals surface area contributed by atoms with Gasteiger partial charge in [0.05, 0.1) is 11.8 Å². The van der Waals surface area contributed by atoms with E-state index in [0.717, 1.165) is 42.1 Å². The minimum Gasteiger partial charge on any atom is -0.339 e. The number of carbonyl (C=O) groups is 1. The van der Waals surface area contributed by atoms with Gasteiger partial charge in [0.1, 0.15) is 6.67 Å². The fourth-order valence-electron chi connectivity index (χ4n) is 3.39. The Morgan fingerprint density at radius 1 is 1.28 bits per heavy atom. The average Bonchev–Trinajstić information content (AvgIpc) is 3.34. The van der Waals surface area contributed by atoms with E-state index in [4.69, 9.17) is 4.52 Å². The molecule has 0 saturated carbocycles. The highest BCUT2D eigenvalue weighted by Gasteiger charge is 2.21. The second-order valence-electron chi connectivity index (χ2n) is 7.86. The first-order valence-corrected chi connectivity index (χ1v) is 11.5. The summed E-state index contributed by atoms with van der Waals surface area (Å²) in [6.07, 6.45) is 2.17. The van der Waals surface area contributed by atoms with E-state index in [9.17, 15) is 9.18 Å². The number of aromatic nitrogens is 2. The van der Waals surface area contributed by atoms with Gasteiger partial charge in [0.2, 0.25) is 17.6 Å². The van der Waals surface area contributed by atoms with Crippen LogP contribution < -0.4 is 15.4 Å². The third kappa shape index (κ3) is 5.66. The largest absolute Gasteiger partial charge is 0.339 e. The van der Waals surface area contributed by atoms with Gasteiger partial charge in [-0.25, -0.2) is 0 Å². The molecule has 1 saturated heterocycles. The summed E-state index contributed by atoms with van der Waals surface area (Å²) in [5.74, 6) is 0.520. The molecule has 168 valence electrons. The molecule has 0 aliphatic carbocycles. The molecule has 1 aromatic heterocycles. The van der Waals surface area contributed by atoms with Crippen LogP contribution in [-0.2, 0) is 4.79 Å². The third-order valence-corrected chi connectivity index (χ3v) is 6.10. The fourth-order valence-corrected chi connectivity index (χ4v) is 4.09. The Labute approximate surface area is 190 Å². The smallest absolute Gasteiger partial charge is 0.231 e. The maximum atomic E-state index is 12.7. The van der Waals surface area contributed by atoms with Crippen LogP contribution in [0.15, 0.2) is 57.9 Å². The first-order chi connectivity index (χ1) is 15.6. The van der Waals surface area contributed by atoms with E-state index < -0.39 is 12.6 Å². The standard InChI is InChI=1S/C23H26FN5O2S/c1-15(13-24)22(30)26-18-7-3-8-19(12-18)29-32-20-9-2-5-16(11-20)21-27-23(31-28-21)17-6-4-10-25-14-17/h2-3,5,7-9,11-12,15,17,25,29H,4,6,10,13-14H2,1H3,(H,26,30). The predicted octanol–water partition coefficient (Wildman–Crippen LogP) is 4.87. The molecule has 2 aromatic carbocycles. The summed E-state index contributed by atoms with van der Waals surface area (Å²) in [4.78, 5) is 17.5. The molecular formula is C23H26FN5O2S. The Morgan fingerprint density at radius 2 is 2.12 bits per heavy atom. The van der Waals surface area contributed by atoms with Crippen molar-refractivity contribution in [2.45, 2.75) is 30.6 Å². The molecule has 0 bridgehead atoms. The lowest BCUT2D eigenvalue weighted by Gasteiger charge is -2.18. The molecular weight excluding hydrogens is 429 g/mol. The van der Waals surface area contributed by atoms with Crippen molar-refractivity contribution in [3.05, 3.63) is 54.4 Å². The maximum absolute atomic E-state index is 12.7. The van der Waals surface area contributed by atoms with Gasteiger partial charge in [-0.05, 0) is 61.7 Å². The highest BCUT2D eigenvalue weighted by atomic mass is 32.2. The number of rotatable bonds is 8. The van der Waals surface area contributed by atoms with Crippen LogP contribution >= 0.6 is 11.9 Å². The van der Waals surface area contributed by atoms with Gasteiger partial charge in [0.15, 0.2) is 0 Å². The topological polar surface area (TPSA) is 92.1 Å². The van der Waals surface area contributed by atoms with Crippen LogP contribution in [0.25, 0.3) is 11.4 Å². The summed E-state index contributed by atoms with van der Waals surface area (Å²) in [6.45, 7) is 2.78. The molecule has 0 spiro atoms. The number of amides is 1. The van der Waals surface area contributed by atoms with Crippen molar-refractivity contribution < 1.29 is 13.7 Å². The van der Waals surface area contributed by atoms with E-state index in [0.29, 0.717) is 17.4 Å². The Bertz CT molecular complexity index is 1050. The number of carbonyl (C=O) groups excluding carboxylic acids is 1. The summed E-state index contributed by atoms with van der Waals surface area (Å²) in [5, 5.41) is 10.3. The molecule has 3 N–H and O–H groups in total. The van der Waals surface area contributed by atoms with Gasteiger partial charge in [-0.15, -0.1) is 0 Å². The Morgan fingerprint density at radius 3 is 2.94 bits per heavy atom. The number of hydrogen-bond acceptors (Lipinski definition) is 7. The van der Waals surface area contributed by atoms with E-state index >= 15 is 0 Å². The summed E-state index contributed by atoms with van der Waals surface area (Å²) < 4.78 is 21.5. The van der Waals surface area contributed by atoms with Crippen molar-refractivity contribution in [2.75, 3.05) is 29.8 Å². The van der Waals surface area contributed by atoms with Crippen molar-refractivity contribution in [3.63, 3.8) is 0 Å². The van der Waals surface area contributed by atoms with Gasteiger partial charge in [-0.2, -0.15) is 4.98 Å². The lowest BCUT2D eigenvalue weighted by molar-refractivity contribution is -0.119. The molecule has 2 heterocycles. The van der Waals surface area contributed by atoms with Crippen LogP contribution in [0.3, 0.4) is 0 Å². The molecule has 32 heavy (non-hydrogen) atoms. The average molecular weight is 456 g/mol. The van der Waals surface area contributed by atoms with Gasteiger partial charge in [-0.3, -0.25) is 9.18 Å². The maximum Gasteiger partial charge on any atom is 0.231 e. The third-order valence-electron chi connectivity index (χ3n) is 5.28. The number of benzene rings is 2. The Balaban J connectivity index is 1.39.